The molecule has 4 nitrogen and oxygen atoms in total. The number of rotatable bonds is 7. The lowest BCUT2D eigenvalue weighted by Crippen LogP contribution is -2.16. The van der Waals surface area contributed by atoms with Gasteiger partial charge in [-0.25, -0.2) is 8.42 Å². The molecule has 0 aromatic heterocycles. The highest BCUT2D eigenvalue weighted by atomic mass is 32.2. The van der Waals surface area contributed by atoms with Crippen molar-refractivity contribution in [1.82, 2.24) is 4.90 Å². The van der Waals surface area contributed by atoms with E-state index in [0.29, 0.717) is 5.69 Å². The maximum Gasteiger partial charge on any atom is 0.341 e. The molecule has 19 heavy (non-hydrogen) atoms. The van der Waals surface area contributed by atoms with Crippen molar-refractivity contribution >= 4 is 15.5 Å². The zero-order valence-corrected chi connectivity index (χ0v) is 11.8. The highest BCUT2D eigenvalue weighted by Crippen LogP contribution is 2.20. The first-order valence-corrected chi connectivity index (χ1v) is 7.39. The van der Waals surface area contributed by atoms with Gasteiger partial charge in [-0.05, 0) is 51.3 Å². The normalized spacial score (nSPS) is 12.1. The van der Waals surface area contributed by atoms with Crippen LogP contribution in [0.25, 0.3) is 0 Å². The Labute approximate surface area is 112 Å². The second-order valence-electron chi connectivity index (χ2n) is 4.41. The van der Waals surface area contributed by atoms with E-state index in [2.05, 4.69) is 10.2 Å². The van der Waals surface area contributed by atoms with Crippen LogP contribution in [0, 0.1) is 0 Å². The molecule has 0 heterocycles. The summed E-state index contributed by atoms with van der Waals surface area (Å²) in [6.45, 7) is 1.67. The molecule has 0 spiro atoms. The van der Waals surface area contributed by atoms with Gasteiger partial charge in [-0.1, -0.05) is 0 Å². The van der Waals surface area contributed by atoms with Gasteiger partial charge in [-0.2, -0.15) is 8.78 Å². The molecular weight excluding hydrogens is 274 g/mol. The number of hydrogen-bond acceptors (Lipinski definition) is 4. The van der Waals surface area contributed by atoms with Crippen LogP contribution in [-0.4, -0.2) is 46.3 Å². The van der Waals surface area contributed by atoms with Gasteiger partial charge in [0, 0.05) is 12.2 Å². The quantitative estimate of drug-likeness (QED) is 0.781. The van der Waals surface area contributed by atoms with Gasteiger partial charge >= 0.3 is 5.76 Å². The molecule has 0 radical (unpaired) electrons. The second-order valence-corrected chi connectivity index (χ2v) is 6.33. The van der Waals surface area contributed by atoms with Crippen LogP contribution >= 0.6 is 0 Å². The summed E-state index contributed by atoms with van der Waals surface area (Å²) in [5.41, 5.74) is 0.715. The van der Waals surface area contributed by atoms with Gasteiger partial charge in [0.2, 0.25) is 9.84 Å². The predicted molar refractivity (Wildman–Crippen MR) is 71.3 cm³/mol. The third kappa shape index (κ3) is 4.76. The first-order valence-electron chi connectivity index (χ1n) is 5.85. The van der Waals surface area contributed by atoms with Crippen molar-refractivity contribution in [3.05, 3.63) is 24.3 Å². The Morgan fingerprint density at radius 3 is 2.26 bits per heavy atom. The maximum atomic E-state index is 12.3. The zero-order chi connectivity index (χ0) is 14.5. The first-order chi connectivity index (χ1) is 8.84. The van der Waals surface area contributed by atoms with Crippen molar-refractivity contribution in [2.24, 2.45) is 0 Å². The third-order valence-corrected chi connectivity index (χ3v) is 3.93. The molecular formula is C12H18F2N2O2S. The number of halogens is 2. The van der Waals surface area contributed by atoms with Crippen molar-refractivity contribution < 1.29 is 17.2 Å². The number of benzene rings is 1. The molecule has 0 unspecified atom stereocenters. The number of sulfone groups is 1. The minimum Gasteiger partial charge on any atom is -0.385 e. The molecule has 0 fully saturated rings. The van der Waals surface area contributed by atoms with E-state index in [0.717, 1.165) is 19.5 Å². The fraction of sp³-hybridized carbons (Fsp3) is 0.500. The van der Waals surface area contributed by atoms with Gasteiger partial charge in [-0.15, -0.1) is 0 Å². The Morgan fingerprint density at radius 2 is 1.79 bits per heavy atom. The van der Waals surface area contributed by atoms with Gasteiger partial charge in [0.15, 0.2) is 0 Å². The summed E-state index contributed by atoms with van der Waals surface area (Å²) in [7, 11) is -0.545. The molecule has 1 aromatic rings. The number of nitrogens with one attached hydrogen (secondary N) is 1. The van der Waals surface area contributed by atoms with Crippen molar-refractivity contribution in [2.75, 3.05) is 32.5 Å². The van der Waals surface area contributed by atoms with E-state index >= 15 is 0 Å². The summed E-state index contributed by atoms with van der Waals surface area (Å²) in [6.07, 6.45) is 0.935. The van der Waals surface area contributed by atoms with Crippen LogP contribution in [-0.2, 0) is 9.84 Å². The van der Waals surface area contributed by atoms with Crippen LogP contribution < -0.4 is 5.32 Å². The molecule has 0 aliphatic carbocycles. The zero-order valence-electron chi connectivity index (χ0n) is 10.9. The predicted octanol–water partition coefficient (Wildman–Crippen LogP) is 2.05. The molecule has 1 aromatic carbocycles. The van der Waals surface area contributed by atoms with E-state index in [9.17, 15) is 17.2 Å². The van der Waals surface area contributed by atoms with Crippen molar-refractivity contribution in [2.45, 2.75) is 17.1 Å². The summed E-state index contributed by atoms with van der Waals surface area (Å²) < 4.78 is 47.0. The van der Waals surface area contributed by atoms with E-state index in [1.54, 1.807) is 0 Å². The van der Waals surface area contributed by atoms with Crippen molar-refractivity contribution in [1.29, 1.82) is 0 Å². The summed E-state index contributed by atoms with van der Waals surface area (Å²) in [4.78, 5) is 1.70. The monoisotopic (exact) mass is 292 g/mol. The Balaban J connectivity index is 2.58. The minimum absolute atomic E-state index is 0.360. The molecule has 0 amide bonds. The molecule has 0 bridgehead atoms. The van der Waals surface area contributed by atoms with Gasteiger partial charge < -0.3 is 10.2 Å². The summed E-state index contributed by atoms with van der Waals surface area (Å²) >= 11 is 0. The lowest BCUT2D eigenvalue weighted by Gasteiger charge is -2.11. The van der Waals surface area contributed by atoms with Crippen molar-refractivity contribution in [3.8, 4) is 0 Å². The Bertz CT molecular complexity index is 487. The minimum atomic E-state index is -4.50. The Kier molecular flexibility index (Phi) is 5.68. The second kappa shape index (κ2) is 6.81. The highest BCUT2D eigenvalue weighted by molar-refractivity contribution is 7.91. The van der Waals surface area contributed by atoms with Crippen LogP contribution in [0.2, 0.25) is 0 Å². The average molecular weight is 292 g/mol. The van der Waals surface area contributed by atoms with E-state index < -0.39 is 15.6 Å². The van der Waals surface area contributed by atoms with E-state index in [-0.39, 0.29) is 4.90 Å². The van der Waals surface area contributed by atoms with Gasteiger partial charge in [-0.3, -0.25) is 0 Å². The largest absolute Gasteiger partial charge is 0.385 e. The Morgan fingerprint density at radius 1 is 1.21 bits per heavy atom. The van der Waals surface area contributed by atoms with Crippen molar-refractivity contribution in [3.63, 3.8) is 0 Å². The molecule has 0 aliphatic rings. The lowest BCUT2D eigenvalue weighted by atomic mass is 10.3. The smallest absolute Gasteiger partial charge is 0.341 e. The third-order valence-electron chi connectivity index (χ3n) is 2.53. The lowest BCUT2D eigenvalue weighted by molar-refractivity contribution is 0.234. The molecule has 0 aliphatic heterocycles. The first kappa shape index (κ1) is 15.8. The van der Waals surface area contributed by atoms with Crippen LogP contribution in [0.3, 0.4) is 0 Å². The molecule has 0 saturated heterocycles. The summed E-state index contributed by atoms with van der Waals surface area (Å²) in [5.74, 6) is -3.38. The molecule has 0 atom stereocenters. The fourth-order valence-electron chi connectivity index (χ4n) is 1.49. The number of hydrogen-bond donors (Lipinski definition) is 1. The van der Waals surface area contributed by atoms with Crippen LogP contribution in [0.4, 0.5) is 14.5 Å². The van der Waals surface area contributed by atoms with Crippen LogP contribution in [0.15, 0.2) is 29.2 Å². The number of nitrogens with zero attached hydrogens (tertiary/aromatic N) is 1. The molecule has 0 saturated carbocycles. The topological polar surface area (TPSA) is 49.4 Å². The van der Waals surface area contributed by atoms with Crippen LogP contribution in [0.5, 0.6) is 0 Å². The van der Waals surface area contributed by atoms with Gasteiger partial charge in [0.1, 0.15) is 0 Å². The average Bonchev–Trinajstić information content (AvgIpc) is 2.35. The number of alkyl halides is 2. The standard InChI is InChI=1S/C12H18F2N2O2S/c1-16(2)9-3-8-15-10-4-6-11(7-5-10)19(17,18)12(13)14/h4-7,12,15H,3,8-9H2,1-2H3. The highest BCUT2D eigenvalue weighted by Gasteiger charge is 2.26. The fourth-order valence-corrected chi connectivity index (χ4v) is 2.21. The molecule has 7 heteroatoms. The number of anilines is 1. The van der Waals surface area contributed by atoms with E-state index in [1.165, 1.54) is 24.3 Å². The summed E-state index contributed by atoms with van der Waals surface area (Å²) in [5, 5.41) is 3.10. The SMILES string of the molecule is CN(C)CCCNc1ccc(S(=O)(=O)C(F)F)cc1. The molecule has 1 rings (SSSR count). The van der Waals surface area contributed by atoms with Gasteiger partial charge in [0.25, 0.3) is 0 Å². The maximum absolute atomic E-state index is 12.3. The molecule has 108 valence electrons. The van der Waals surface area contributed by atoms with E-state index in [4.69, 9.17) is 0 Å². The van der Waals surface area contributed by atoms with Crippen LogP contribution in [0.1, 0.15) is 6.42 Å². The van der Waals surface area contributed by atoms with Gasteiger partial charge in [0.05, 0.1) is 4.90 Å². The molecule has 1 N–H and O–H groups in total. The van der Waals surface area contributed by atoms with E-state index in [1.807, 2.05) is 14.1 Å². The Hall–Kier alpha value is -1.21. The summed E-state index contributed by atoms with van der Waals surface area (Å²) in [6, 6.07) is 5.36.